The van der Waals surface area contributed by atoms with E-state index in [2.05, 4.69) is 16.0 Å². The van der Waals surface area contributed by atoms with Crippen molar-refractivity contribution in [1.29, 1.82) is 0 Å². The maximum atomic E-state index is 14.4. The van der Waals surface area contributed by atoms with Gasteiger partial charge in [0.1, 0.15) is 5.82 Å². The number of likely N-dealkylation sites (N-methyl/N-ethyl adjacent to an activating group) is 1. The van der Waals surface area contributed by atoms with Crippen LogP contribution in [0.5, 0.6) is 0 Å². The minimum atomic E-state index is -1.29. The van der Waals surface area contributed by atoms with Crippen LogP contribution in [0.4, 0.5) is 9.18 Å². The fourth-order valence-corrected chi connectivity index (χ4v) is 6.27. The van der Waals surface area contributed by atoms with Crippen LogP contribution in [0.15, 0.2) is 18.2 Å². The number of urea groups is 1. The van der Waals surface area contributed by atoms with Gasteiger partial charge in [0, 0.05) is 45.1 Å². The minimum absolute atomic E-state index is 0.0726. The summed E-state index contributed by atoms with van der Waals surface area (Å²) in [7, 11) is 1.92. The molecule has 2 unspecified atom stereocenters. The van der Waals surface area contributed by atoms with Crippen molar-refractivity contribution in [3.63, 3.8) is 0 Å². The molecule has 0 aromatic heterocycles. The van der Waals surface area contributed by atoms with E-state index >= 15 is 0 Å². The lowest BCUT2D eigenvalue weighted by Crippen LogP contribution is -2.54. The largest absolute Gasteiger partial charge is 0.385 e. The Kier molecular flexibility index (Phi) is 11.2. The topological polar surface area (TPSA) is 93.7 Å². The number of hydrogen-bond donors (Lipinski definition) is 4. The summed E-state index contributed by atoms with van der Waals surface area (Å²) in [4.78, 5) is 26.5. The molecular formula is C29H47FN4O3. The molecule has 1 aliphatic carbocycles. The van der Waals surface area contributed by atoms with E-state index in [1.165, 1.54) is 51.2 Å². The molecule has 8 heteroatoms. The Morgan fingerprint density at radius 1 is 1.16 bits per heavy atom. The predicted octanol–water partition coefficient (Wildman–Crippen LogP) is 4.22. The summed E-state index contributed by atoms with van der Waals surface area (Å²) < 4.78 is 14.4. The van der Waals surface area contributed by atoms with E-state index in [0.29, 0.717) is 44.0 Å². The molecule has 1 aromatic carbocycles. The molecule has 2 fully saturated rings. The fourth-order valence-electron chi connectivity index (χ4n) is 6.27. The molecule has 4 N–H and O–H groups in total. The van der Waals surface area contributed by atoms with E-state index in [-0.39, 0.29) is 29.7 Å². The summed E-state index contributed by atoms with van der Waals surface area (Å²) in [5.41, 5.74) is 0.000255. The first-order valence-electron chi connectivity index (χ1n) is 14.2. The molecule has 1 aromatic rings. The number of likely N-dealkylation sites (tertiary alicyclic amines) is 1. The Labute approximate surface area is 222 Å². The minimum Gasteiger partial charge on any atom is -0.385 e. The van der Waals surface area contributed by atoms with Crippen LogP contribution >= 0.6 is 0 Å². The van der Waals surface area contributed by atoms with Crippen LogP contribution in [0.2, 0.25) is 0 Å². The van der Waals surface area contributed by atoms with Gasteiger partial charge in [-0.3, -0.25) is 4.79 Å². The highest BCUT2D eigenvalue weighted by atomic mass is 19.1. The van der Waals surface area contributed by atoms with Crippen molar-refractivity contribution in [1.82, 2.24) is 20.9 Å². The fraction of sp³-hybridized carbons (Fsp3) is 0.724. The number of carbonyl (C=O) groups excluding carboxylic acids is 2. The number of benzene rings is 1. The predicted molar refractivity (Wildman–Crippen MR) is 145 cm³/mol. The van der Waals surface area contributed by atoms with Crippen molar-refractivity contribution in [2.75, 3.05) is 33.2 Å². The summed E-state index contributed by atoms with van der Waals surface area (Å²) in [6.45, 7) is 5.51. The highest BCUT2D eigenvalue weighted by molar-refractivity contribution is 5.74. The first kappa shape index (κ1) is 29.4. The third kappa shape index (κ3) is 8.67. The Morgan fingerprint density at radius 2 is 1.92 bits per heavy atom. The molecule has 208 valence electrons. The third-order valence-electron chi connectivity index (χ3n) is 8.16. The molecule has 1 saturated heterocycles. The quantitative estimate of drug-likeness (QED) is 0.330. The molecule has 1 aliphatic heterocycles. The zero-order chi connectivity index (χ0) is 26.8. The lowest BCUT2D eigenvalue weighted by atomic mass is 9.74. The Hall–Kier alpha value is -2.19. The summed E-state index contributed by atoms with van der Waals surface area (Å²) >= 11 is 0. The van der Waals surface area contributed by atoms with Crippen LogP contribution < -0.4 is 16.0 Å². The summed E-state index contributed by atoms with van der Waals surface area (Å²) in [6, 6.07) is 4.70. The van der Waals surface area contributed by atoms with Gasteiger partial charge in [0.05, 0.1) is 5.60 Å². The van der Waals surface area contributed by atoms with Gasteiger partial charge in [-0.25, -0.2) is 9.18 Å². The van der Waals surface area contributed by atoms with E-state index in [1.54, 1.807) is 0 Å². The number of rotatable bonds is 11. The van der Waals surface area contributed by atoms with E-state index < -0.39 is 5.60 Å². The van der Waals surface area contributed by atoms with Crippen LogP contribution in [-0.4, -0.2) is 61.2 Å². The van der Waals surface area contributed by atoms with Gasteiger partial charge in [-0.1, -0.05) is 38.2 Å². The Balaban J connectivity index is 1.71. The zero-order valence-corrected chi connectivity index (χ0v) is 23.0. The van der Waals surface area contributed by atoms with Crippen molar-refractivity contribution in [2.45, 2.75) is 89.7 Å². The molecule has 3 rings (SSSR count). The monoisotopic (exact) mass is 518 g/mol. The number of piperidine rings is 1. The maximum absolute atomic E-state index is 14.4. The molecule has 7 nitrogen and oxygen atoms in total. The molecule has 2 aliphatic rings. The van der Waals surface area contributed by atoms with Gasteiger partial charge in [0.2, 0.25) is 5.91 Å². The van der Waals surface area contributed by atoms with Crippen molar-refractivity contribution in [2.24, 2.45) is 11.8 Å². The standard InChI is InChI=1S/C29H47FN4O3/c1-21-15-25(18-26(30)16-21)29(37,12-8-13-32-22(2)35)24-11-7-14-34(20-24)28(36)33-27(19-31-3)17-23-9-5-4-6-10-23/h15-16,18,23-24,27,31,37H,4-14,17,19-20H2,1-3H3,(H,32,35)(H,33,36)/t24?,27?,29-/m0/s1. The van der Waals surface area contributed by atoms with Gasteiger partial charge in [-0.05, 0) is 75.3 Å². The van der Waals surface area contributed by atoms with Crippen LogP contribution in [0.25, 0.3) is 0 Å². The van der Waals surface area contributed by atoms with Gasteiger partial charge < -0.3 is 26.0 Å². The third-order valence-corrected chi connectivity index (χ3v) is 8.16. The number of nitrogens with zero attached hydrogens (tertiary/aromatic N) is 1. The number of nitrogens with one attached hydrogen (secondary N) is 3. The second-order valence-corrected chi connectivity index (χ2v) is 11.3. The number of carbonyl (C=O) groups is 2. The molecule has 3 amide bonds. The summed E-state index contributed by atoms with van der Waals surface area (Å²) in [6.07, 6.45) is 9.78. The van der Waals surface area contributed by atoms with E-state index in [9.17, 15) is 19.1 Å². The molecular weight excluding hydrogens is 471 g/mol. The molecule has 0 bridgehead atoms. The molecule has 37 heavy (non-hydrogen) atoms. The molecule has 3 atom stereocenters. The maximum Gasteiger partial charge on any atom is 0.317 e. The first-order valence-corrected chi connectivity index (χ1v) is 14.2. The lowest BCUT2D eigenvalue weighted by molar-refractivity contribution is -0.119. The SMILES string of the molecule is CNCC(CC1CCCCC1)NC(=O)N1CCCC([C@@](O)(CCCNC(C)=O)c2cc(C)cc(F)c2)C1. The van der Waals surface area contributed by atoms with Crippen molar-refractivity contribution in [3.8, 4) is 0 Å². The van der Waals surface area contributed by atoms with Gasteiger partial charge in [0.15, 0.2) is 0 Å². The molecule has 1 heterocycles. The van der Waals surface area contributed by atoms with Gasteiger partial charge in [-0.2, -0.15) is 0 Å². The van der Waals surface area contributed by atoms with E-state index in [4.69, 9.17) is 0 Å². The van der Waals surface area contributed by atoms with Crippen LogP contribution in [0.3, 0.4) is 0 Å². The highest BCUT2D eigenvalue weighted by Crippen LogP contribution is 2.40. The van der Waals surface area contributed by atoms with Crippen LogP contribution in [-0.2, 0) is 10.4 Å². The van der Waals surface area contributed by atoms with Gasteiger partial charge >= 0.3 is 6.03 Å². The lowest BCUT2D eigenvalue weighted by Gasteiger charge is -2.43. The molecule has 1 saturated carbocycles. The number of amides is 3. The van der Waals surface area contributed by atoms with Crippen LogP contribution in [0, 0.1) is 24.6 Å². The normalized spacial score (nSPS) is 21.2. The van der Waals surface area contributed by atoms with Gasteiger partial charge in [0.25, 0.3) is 0 Å². The average Bonchev–Trinajstić information content (AvgIpc) is 2.86. The summed E-state index contributed by atoms with van der Waals surface area (Å²) in [5.74, 6) is -0.0636. The Bertz CT molecular complexity index is 872. The number of aryl methyl sites for hydroxylation is 1. The number of aliphatic hydroxyl groups is 1. The van der Waals surface area contributed by atoms with Crippen LogP contribution in [0.1, 0.15) is 82.3 Å². The first-order chi connectivity index (χ1) is 17.7. The smallest absolute Gasteiger partial charge is 0.317 e. The second kappa shape index (κ2) is 14.1. The average molecular weight is 519 g/mol. The van der Waals surface area contributed by atoms with E-state index in [0.717, 1.165) is 31.4 Å². The highest BCUT2D eigenvalue weighted by Gasteiger charge is 2.41. The number of halogens is 1. The van der Waals surface area contributed by atoms with E-state index in [1.807, 2.05) is 24.9 Å². The number of hydrogen-bond acceptors (Lipinski definition) is 4. The zero-order valence-electron chi connectivity index (χ0n) is 23.0. The van der Waals surface area contributed by atoms with Crippen molar-refractivity contribution < 1.29 is 19.1 Å². The van der Waals surface area contributed by atoms with Gasteiger partial charge in [-0.15, -0.1) is 0 Å². The van der Waals surface area contributed by atoms with Crippen molar-refractivity contribution >= 4 is 11.9 Å². The molecule has 0 radical (unpaired) electrons. The second-order valence-electron chi connectivity index (χ2n) is 11.3. The molecule has 0 spiro atoms. The summed E-state index contributed by atoms with van der Waals surface area (Å²) in [5, 5.41) is 21.3. The Morgan fingerprint density at radius 3 is 2.59 bits per heavy atom. The van der Waals surface area contributed by atoms with Crippen molar-refractivity contribution in [3.05, 3.63) is 35.1 Å².